The fourth-order valence-electron chi connectivity index (χ4n) is 2.64. The van der Waals surface area contributed by atoms with Crippen molar-refractivity contribution >= 4 is 5.97 Å². The van der Waals surface area contributed by atoms with Crippen LogP contribution in [0.3, 0.4) is 0 Å². The van der Waals surface area contributed by atoms with Gasteiger partial charge in [0.25, 0.3) is 0 Å². The van der Waals surface area contributed by atoms with E-state index in [1.807, 2.05) is 6.92 Å². The highest BCUT2D eigenvalue weighted by molar-refractivity contribution is 5.75. The Morgan fingerprint density at radius 2 is 2.25 bits per heavy atom. The zero-order valence-electron chi connectivity index (χ0n) is 13.0. The van der Waals surface area contributed by atoms with Crippen LogP contribution in [0.15, 0.2) is 0 Å². The third-order valence-corrected chi connectivity index (χ3v) is 4.09. The van der Waals surface area contributed by atoms with Crippen LogP contribution in [0.2, 0.25) is 0 Å². The van der Waals surface area contributed by atoms with E-state index in [0.29, 0.717) is 12.6 Å². The normalized spacial score (nSPS) is 24.4. The molecule has 5 heteroatoms. The maximum Gasteiger partial charge on any atom is 0.323 e. The Morgan fingerprint density at radius 1 is 1.50 bits per heavy atom. The Balaban J connectivity index is 1.84. The molecule has 1 saturated carbocycles. The lowest BCUT2D eigenvalue weighted by atomic mass is 10.0. The van der Waals surface area contributed by atoms with E-state index in [4.69, 9.17) is 9.47 Å². The van der Waals surface area contributed by atoms with E-state index in [1.165, 1.54) is 12.8 Å². The van der Waals surface area contributed by atoms with Gasteiger partial charge in [0.2, 0.25) is 0 Å². The molecule has 1 unspecified atom stereocenters. The molecule has 0 aromatic heterocycles. The summed E-state index contributed by atoms with van der Waals surface area (Å²) >= 11 is 0. The number of nitrogens with one attached hydrogen (secondary N) is 1. The molecule has 1 N–H and O–H groups in total. The minimum Gasteiger partial charge on any atom is -0.465 e. The lowest BCUT2D eigenvalue weighted by Crippen LogP contribution is -2.54. The van der Waals surface area contributed by atoms with Crippen molar-refractivity contribution in [2.45, 2.75) is 57.7 Å². The maximum atomic E-state index is 12.0. The van der Waals surface area contributed by atoms with E-state index < -0.39 is 0 Å². The summed E-state index contributed by atoms with van der Waals surface area (Å²) in [5.74, 6) is -0.106. The molecule has 0 aromatic carbocycles. The monoisotopic (exact) mass is 284 g/mol. The number of nitrogens with zero attached hydrogens (tertiary/aromatic N) is 1. The first-order valence-corrected chi connectivity index (χ1v) is 7.78. The Kier molecular flexibility index (Phi) is 5.41. The molecule has 0 aromatic rings. The van der Waals surface area contributed by atoms with E-state index in [-0.39, 0.29) is 17.6 Å². The molecule has 20 heavy (non-hydrogen) atoms. The van der Waals surface area contributed by atoms with Crippen LogP contribution in [0.5, 0.6) is 0 Å². The van der Waals surface area contributed by atoms with Crippen LogP contribution in [0.1, 0.15) is 40.0 Å². The van der Waals surface area contributed by atoms with Crippen LogP contribution < -0.4 is 5.32 Å². The van der Waals surface area contributed by atoms with Gasteiger partial charge in [-0.05, 0) is 40.0 Å². The number of hydrogen-bond donors (Lipinski definition) is 1. The van der Waals surface area contributed by atoms with E-state index >= 15 is 0 Å². The van der Waals surface area contributed by atoms with Gasteiger partial charge in [0, 0.05) is 24.7 Å². The standard InChI is InChI=1S/C15H28N2O3/c1-4-20-14(18)13(16-12-5-6-12)7-8-17-9-10-19-11-15(17,2)3/h12-13,16H,4-11H2,1-3H3. The molecule has 5 nitrogen and oxygen atoms in total. The average molecular weight is 284 g/mol. The van der Waals surface area contributed by atoms with Gasteiger partial charge < -0.3 is 14.8 Å². The van der Waals surface area contributed by atoms with Crippen LogP contribution in [-0.4, -0.2) is 61.4 Å². The molecule has 1 aliphatic carbocycles. The van der Waals surface area contributed by atoms with E-state index in [2.05, 4.69) is 24.1 Å². The summed E-state index contributed by atoms with van der Waals surface area (Å²) in [7, 11) is 0. The van der Waals surface area contributed by atoms with Gasteiger partial charge >= 0.3 is 5.97 Å². The third-order valence-electron chi connectivity index (χ3n) is 4.09. The average Bonchev–Trinajstić information content (AvgIpc) is 3.19. The Bertz CT molecular complexity index is 329. The second kappa shape index (κ2) is 6.87. The van der Waals surface area contributed by atoms with Crippen molar-refractivity contribution in [3.8, 4) is 0 Å². The molecular weight excluding hydrogens is 256 g/mol. The molecule has 116 valence electrons. The predicted octanol–water partition coefficient (Wildman–Crippen LogP) is 1.17. The molecular formula is C15H28N2O3. The number of esters is 1. The minimum absolute atomic E-state index is 0.0526. The van der Waals surface area contributed by atoms with E-state index in [0.717, 1.165) is 32.7 Å². The smallest absolute Gasteiger partial charge is 0.323 e. The fraction of sp³-hybridized carbons (Fsp3) is 0.933. The first-order valence-electron chi connectivity index (χ1n) is 7.78. The highest BCUT2D eigenvalue weighted by atomic mass is 16.5. The molecule has 0 bridgehead atoms. The Labute approximate surface area is 122 Å². The minimum atomic E-state index is -0.166. The molecule has 2 aliphatic rings. The third kappa shape index (κ3) is 4.43. The van der Waals surface area contributed by atoms with Gasteiger partial charge in [-0.1, -0.05) is 0 Å². The van der Waals surface area contributed by atoms with Crippen molar-refractivity contribution in [1.82, 2.24) is 10.2 Å². The molecule has 0 radical (unpaired) electrons. The van der Waals surface area contributed by atoms with E-state index in [1.54, 1.807) is 0 Å². The largest absolute Gasteiger partial charge is 0.465 e. The maximum absolute atomic E-state index is 12.0. The number of rotatable bonds is 7. The quantitative estimate of drug-likeness (QED) is 0.711. The summed E-state index contributed by atoms with van der Waals surface area (Å²) in [5.41, 5.74) is 0.0526. The highest BCUT2D eigenvalue weighted by Gasteiger charge is 2.33. The highest BCUT2D eigenvalue weighted by Crippen LogP contribution is 2.22. The molecule has 0 amide bonds. The second-order valence-electron chi connectivity index (χ2n) is 6.39. The van der Waals surface area contributed by atoms with Crippen LogP contribution in [0.25, 0.3) is 0 Å². The van der Waals surface area contributed by atoms with Crippen LogP contribution >= 0.6 is 0 Å². The first kappa shape index (κ1) is 15.7. The van der Waals surface area contributed by atoms with Gasteiger partial charge in [0.15, 0.2) is 0 Å². The molecule has 1 saturated heterocycles. The zero-order valence-corrected chi connectivity index (χ0v) is 13.0. The summed E-state index contributed by atoms with van der Waals surface area (Å²) in [6, 6.07) is 0.350. The van der Waals surface area contributed by atoms with Crippen molar-refractivity contribution in [2.24, 2.45) is 0 Å². The van der Waals surface area contributed by atoms with Gasteiger partial charge in [-0.25, -0.2) is 0 Å². The van der Waals surface area contributed by atoms with Gasteiger partial charge in [0.1, 0.15) is 6.04 Å². The van der Waals surface area contributed by atoms with Crippen molar-refractivity contribution in [3.63, 3.8) is 0 Å². The topological polar surface area (TPSA) is 50.8 Å². The summed E-state index contributed by atoms with van der Waals surface area (Å²) < 4.78 is 10.7. The second-order valence-corrected chi connectivity index (χ2v) is 6.39. The van der Waals surface area contributed by atoms with Crippen molar-refractivity contribution < 1.29 is 14.3 Å². The van der Waals surface area contributed by atoms with Gasteiger partial charge in [-0.2, -0.15) is 0 Å². The Hall–Kier alpha value is -0.650. The lowest BCUT2D eigenvalue weighted by molar-refractivity contribution is -0.146. The van der Waals surface area contributed by atoms with Crippen molar-refractivity contribution in [3.05, 3.63) is 0 Å². The summed E-state index contributed by atoms with van der Waals surface area (Å²) in [4.78, 5) is 14.4. The molecule has 1 heterocycles. The first-order chi connectivity index (χ1) is 9.53. The number of ether oxygens (including phenoxy) is 2. The fourth-order valence-corrected chi connectivity index (χ4v) is 2.64. The molecule has 2 fully saturated rings. The van der Waals surface area contributed by atoms with Gasteiger partial charge in [0.05, 0.1) is 19.8 Å². The molecule has 1 atom stereocenters. The zero-order chi connectivity index (χ0) is 14.6. The molecule has 1 aliphatic heterocycles. The Morgan fingerprint density at radius 3 is 2.85 bits per heavy atom. The SMILES string of the molecule is CCOC(=O)C(CCN1CCOCC1(C)C)NC1CC1. The van der Waals surface area contributed by atoms with Crippen molar-refractivity contribution in [1.29, 1.82) is 0 Å². The van der Waals surface area contributed by atoms with Gasteiger partial charge in [-0.3, -0.25) is 9.69 Å². The van der Waals surface area contributed by atoms with Crippen LogP contribution in [0, 0.1) is 0 Å². The predicted molar refractivity (Wildman–Crippen MR) is 77.7 cm³/mol. The van der Waals surface area contributed by atoms with Gasteiger partial charge in [-0.15, -0.1) is 0 Å². The lowest BCUT2D eigenvalue weighted by Gasteiger charge is -2.42. The summed E-state index contributed by atoms with van der Waals surface area (Å²) in [6.07, 6.45) is 3.16. The summed E-state index contributed by atoms with van der Waals surface area (Å²) in [6.45, 7) is 10.1. The summed E-state index contributed by atoms with van der Waals surface area (Å²) in [5, 5.41) is 3.41. The van der Waals surface area contributed by atoms with Crippen LogP contribution in [-0.2, 0) is 14.3 Å². The molecule has 0 spiro atoms. The van der Waals surface area contributed by atoms with Crippen molar-refractivity contribution in [2.75, 3.05) is 32.9 Å². The number of hydrogen-bond acceptors (Lipinski definition) is 5. The van der Waals surface area contributed by atoms with E-state index in [9.17, 15) is 4.79 Å². The van der Waals surface area contributed by atoms with Crippen LogP contribution in [0.4, 0.5) is 0 Å². The number of carbonyl (C=O) groups excluding carboxylic acids is 1. The molecule has 2 rings (SSSR count). The number of morpholine rings is 1. The number of carbonyl (C=O) groups is 1.